The van der Waals surface area contributed by atoms with Gasteiger partial charge in [0.15, 0.2) is 0 Å². The summed E-state index contributed by atoms with van der Waals surface area (Å²) < 4.78 is 34.2. The van der Waals surface area contributed by atoms with E-state index in [9.17, 15) is 13.2 Å². The molecule has 0 spiro atoms. The number of rotatable bonds is 4. The summed E-state index contributed by atoms with van der Waals surface area (Å²) in [5, 5.41) is 0. The van der Waals surface area contributed by atoms with Gasteiger partial charge in [0, 0.05) is 0 Å². The summed E-state index contributed by atoms with van der Waals surface area (Å²) >= 11 is 0. The molecule has 27 heavy (non-hydrogen) atoms. The zero-order chi connectivity index (χ0) is 19.9. The van der Waals surface area contributed by atoms with Crippen molar-refractivity contribution >= 4 is 27.5 Å². The van der Waals surface area contributed by atoms with Crippen LogP contribution in [0.1, 0.15) is 27.8 Å². The molecule has 0 unspecified atom stereocenters. The van der Waals surface area contributed by atoms with Crippen LogP contribution in [0.2, 0.25) is 0 Å². The molecular formula is C20H24N2O4S. The maximum absolute atomic E-state index is 13.3. The minimum absolute atomic E-state index is 0.286. The standard InChI is InChI=1S/C20H24N2O4S/c1-12-13(2)15(4)19(16(5)14(12)3)27(24,25)21-17-8-6-7-9-18(17)22-10-11-26-20(22)23/h6-9,21H,10-11H2,1-5H3. The molecule has 3 rings (SSSR count). The second kappa shape index (κ2) is 6.88. The van der Waals surface area contributed by atoms with E-state index >= 15 is 0 Å². The van der Waals surface area contributed by atoms with Crippen LogP contribution >= 0.6 is 0 Å². The lowest BCUT2D eigenvalue weighted by Gasteiger charge is -2.21. The molecule has 0 atom stereocenters. The summed E-state index contributed by atoms with van der Waals surface area (Å²) in [7, 11) is -3.83. The smallest absolute Gasteiger partial charge is 0.414 e. The molecule has 1 heterocycles. The van der Waals surface area contributed by atoms with Gasteiger partial charge in [-0.25, -0.2) is 13.2 Å². The molecule has 1 aliphatic heterocycles. The lowest BCUT2D eigenvalue weighted by atomic mass is 9.95. The van der Waals surface area contributed by atoms with Crippen LogP contribution in [0.5, 0.6) is 0 Å². The van der Waals surface area contributed by atoms with E-state index in [0.717, 1.165) is 27.8 Å². The van der Waals surface area contributed by atoms with Gasteiger partial charge in [0.25, 0.3) is 10.0 Å². The average Bonchev–Trinajstić information content (AvgIpc) is 3.04. The van der Waals surface area contributed by atoms with Gasteiger partial charge in [-0.3, -0.25) is 9.62 Å². The lowest BCUT2D eigenvalue weighted by molar-refractivity contribution is 0.181. The minimum Gasteiger partial charge on any atom is -0.447 e. The van der Waals surface area contributed by atoms with Gasteiger partial charge in [0.05, 0.1) is 22.8 Å². The number of para-hydroxylation sites is 2. The molecule has 1 amide bonds. The monoisotopic (exact) mass is 388 g/mol. The molecule has 0 aromatic heterocycles. The molecule has 0 radical (unpaired) electrons. The Bertz CT molecular complexity index is 1000. The van der Waals surface area contributed by atoms with E-state index in [-0.39, 0.29) is 6.61 Å². The Kier molecular flexibility index (Phi) is 4.90. The molecule has 1 aliphatic rings. The summed E-state index contributed by atoms with van der Waals surface area (Å²) in [6.07, 6.45) is -0.476. The molecule has 2 aromatic rings. The van der Waals surface area contributed by atoms with Crippen molar-refractivity contribution in [2.45, 2.75) is 39.5 Å². The van der Waals surface area contributed by atoms with Crippen LogP contribution in [0.3, 0.4) is 0 Å². The van der Waals surface area contributed by atoms with Crippen LogP contribution < -0.4 is 9.62 Å². The van der Waals surface area contributed by atoms with Gasteiger partial charge >= 0.3 is 6.09 Å². The van der Waals surface area contributed by atoms with Crippen LogP contribution in [0.4, 0.5) is 16.2 Å². The number of hydrogen-bond donors (Lipinski definition) is 1. The van der Waals surface area contributed by atoms with Crippen LogP contribution in [0.15, 0.2) is 29.2 Å². The third-order valence-electron chi connectivity index (χ3n) is 5.40. The summed E-state index contributed by atoms with van der Waals surface area (Å²) in [5.41, 5.74) is 5.35. The Hall–Kier alpha value is -2.54. The Morgan fingerprint density at radius 1 is 0.926 bits per heavy atom. The zero-order valence-electron chi connectivity index (χ0n) is 16.2. The Labute approximate surface area is 160 Å². The summed E-state index contributed by atoms with van der Waals surface area (Å²) in [5.74, 6) is 0. The van der Waals surface area contributed by atoms with Crippen molar-refractivity contribution in [2.24, 2.45) is 0 Å². The van der Waals surface area contributed by atoms with E-state index in [1.54, 1.807) is 24.3 Å². The van der Waals surface area contributed by atoms with Crippen molar-refractivity contribution < 1.29 is 17.9 Å². The first-order chi connectivity index (χ1) is 12.6. The number of sulfonamides is 1. The first-order valence-electron chi connectivity index (χ1n) is 8.78. The van der Waals surface area contributed by atoms with Crippen molar-refractivity contribution in [1.82, 2.24) is 0 Å². The van der Waals surface area contributed by atoms with E-state index in [0.29, 0.717) is 22.8 Å². The molecule has 1 N–H and O–H groups in total. The maximum Gasteiger partial charge on any atom is 0.414 e. The molecule has 0 aliphatic carbocycles. The molecule has 7 heteroatoms. The van der Waals surface area contributed by atoms with Crippen LogP contribution in [-0.2, 0) is 14.8 Å². The summed E-state index contributed by atoms with van der Waals surface area (Å²) in [6.45, 7) is 10.2. The van der Waals surface area contributed by atoms with E-state index in [1.807, 2.05) is 34.6 Å². The SMILES string of the molecule is Cc1c(C)c(C)c(S(=O)(=O)Nc2ccccc2N2CCOC2=O)c(C)c1C. The van der Waals surface area contributed by atoms with Crippen molar-refractivity contribution in [3.8, 4) is 0 Å². The largest absolute Gasteiger partial charge is 0.447 e. The number of cyclic esters (lactones) is 1. The molecule has 144 valence electrons. The molecule has 1 fully saturated rings. The van der Waals surface area contributed by atoms with Crippen LogP contribution in [-0.4, -0.2) is 27.7 Å². The second-order valence-corrected chi connectivity index (χ2v) is 8.46. The maximum atomic E-state index is 13.3. The number of carbonyl (C=O) groups excluding carboxylic acids is 1. The van der Waals surface area contributed by atoms with E-state index in [1.165, 1.54) is 4.90 Å². The van der Waals surface area contributed by atoms with Gasteiger partial charge in [0.2, 0.25) is 0 Å². The highest BCUT2D eigenvalue weighted by molar-refractivity contribution is 7.92. The van der Waals surface area contributed by atoms with E-state index in [4.69, 9.17) is 4.74 Å². The van der Waals surface area contributed by atoms with Gasteiger partial charge in [-0.2, -0.15) is 0 Å². The number of nitrogens with one attached hydrogen (secondary N) is 1. The number of anilines is 2. The lowest BCUT2D eigenvalue weighted by Crippen LogP contribution is -2.26. The fraction of sp³-hybridized carbons (Fsp3) is 0.350. The Morgan fingerprint density at radius 2 is 1.48 bits per heavy atom. The van der Waals surface area contributed by atoms with Gasteiger partial charge in [0.1, 0.15) is 6.61 Å². The van der Waals surface area contributed by atoms with Gasteiger partial charge < -0.3 is 4.74 Å². The highest BCUT2D eigenvalue weighted by Gasteiger charge is 2.28. The predicted octanol–water partition coefficient (Wildman–Crippen LogP) is 3.99. The molecular weight excluding hydrogens is 364 g/mol. The molecule has 2 aromatic carbocycles. The molecule has 1 saturated heterocycles. The number of benzene rings is 2. The fourth-order valence-corrected chi connectivity index (χ4v) is 5.15. The number of hydrogen-bond acceptors (Lipinski definition) is 4. The minimum atomic E-state index is -3.83. The first kappa shape index (κ1) is 19.2. The van der Waals surface area contributed by atoms with Crippen molar-refractivity contribution in [3.63, 3.8) is 0 Å². The molecule has 0 bridgehead atoms. The number of carbonyl (C=O) groups is 1. The number of nitrogens with zero attached hydrogens (tertiary/aromatic N) is 1. The fourth-order valence-electron chi connectivity index (χ4n) is 3.47. The summed E-state index contributed by atoms with van der Waals surface area (Å²) in [4.78, 5) is 13.7. The highest BCUT2D eigenvalue weighted by atomic mass is 32.2. The highest BCUT2D eigenvalue weighted by Crippen LogP contribution is 2.34. The van der Waals surface area contributed by atoms with Gasteiger partial charge in [-0.05, 0) is 74.6 Å². The number of ether oxygens (including phenoxy) is 1. The van der Waals surface area contributed by atoms with E-state index in [2.05, 4.69) is 4.72 Å². The normalized spacial score (nSPS) is 14.4. The van der Waals surface area contributed by atoms with E-state index < -0.39 is 16.1 Å². The van der Waals surface area contributed by atoms with Crippen molar-refractivity contribution in [1.29, 1.82) is 0 Å². The van der Waals surface area contributed by atoms with Gasteiger partial charge in [-0.1, -0.05) is 12.1 Å². The Balaban J connectivity index is 2.09. The predicted molar refractivity (Wildman–Crippen MR) is 106 cm³/mol. The molecule has 6 nitrogen and oxygen atoms in total. The summed E-state index contributed by atoms with van der Waals surface area (Å²) in [6, 6.07) is 6.84. The third kappa shape index (κ3) is 3.27. The quantitative estimate of drug-likeness (QED) is 0.859. The van der Waals surface area contributed by atoms with Crippen LogP contribution in [0, 0.1) is 34.6 Å². The first-order valence-corrected chi connectivity index (χ1v) is 10.3. The number of amides is 1. The van der Waals surface area contributed by atoms with Crippen molar-refractivity contribution in [2.75, 3.05) is 22.8 Å². The Morgan fingerprint density at radius 3 is 2.04 bits per heavy atom. The average molecular weight is 388 g/mol. The van der Waals surface area contributed by atoms with Crippen molar-refractivity contribution in [3.05, 3.63) is 52.1 Å². The van der Waals surface area contributed by atoms with Crippen LogP contribution in [0.25, 0.3) is 0 Å². The zero-order valence-corrected chi connectivity index (χ0v) is 17.0. The second-order valence-electron chi connectivity index (χ2n) is 6.84. The van der Waals surface area contributed by atoms with Gasteiger partial charge in [-0.15, -0.1) is 0 Å². The topological polar surface area (TPSA) is 75.7 Å². The third-order valence-corrected chi connectivity index (χ3v) is 7.04. The molecule has 0 saturated carbocycles.